The zero-order valence-corrected chi connectivity index (χ0v) is 10.6. The van der Waals surface area contributed by atoms with E-state index in [-0.39, 0.29) is 22.7 Å². The third-order valence-corrected chi connectivity index (χ3v) is 4.16. The molecule has 1 saturated heterocycles. The number of rotatable bonds is 3. The second-order valence-corrected chi connectivity index (χ2v) is 6.45. The lowest BCUT2D eigenvalue weighted by molar-refractivity contribution is -0.132. The molecule has 1 heterocycles. The highest BCUT2D eigenvalue weighted by Crippen LogP contribution is 2.42. The van der Waals surface area contributed by atoms with Gasteiger partial charge in [-0.05, 0) is 18.3 Å². The summed E-state index contributed by atoms with van der Waals surface area (Å²) in [7, 11) is 0. The molecule has 92 valence electrons. The van der Waals surface area contributed by atoms with E-state index in [9.17, 15) is 4.79 Å². The first kappa shape index (κ1) is 11.9. The Morgan fingerprint density at radius 3 is 2.50 bits per heavy atom. The summed E-state index contributed by atoms with van der Waals surface area (Å²) in [6, 6.07) is 0. The molecular formula is C13H23NO2. The topological polar surface area (TPSA) is 38.3 Å². The quantitative estimate of drug-likeness (QED) is 0.797. The SMILES string of the molecule is CC1(CNC(=O)C2CCCC2(C)C)COC1. The minimum absolute atomic E-state index is 0.179. The van der Waals surface area contributed by atoms with Gasteiger partial charge in [-0.15, -0.1) is 0 Å². The molecule has 1 amide bonds. The number of hydrogen-bond acceptors (Lipinski definition) is 2. The normalized spacial score (nSPS) is 30.8. The van der Waals surface area contributed by atoms with Crippen molar-refractivity contribution in [1.29, 1.82) is 0 Å². The molecular weight excluding hydrogens is 202 g/mol. The molecule has 1 atom stereocenters. The maximum absolute atomic E-state index is 12.1. The fourth-order valence-electron chi connectivity index (χ4n) is 2.79. The minimum atomic E-state index is 0.179. The lowest BCUT2D eigenvalue weighted by Gasteiger charge is -2.38. The highest BCUT2D eigenvalue weighted by Gasteiger charge is 2.40. The predicted octanol–water partition coefficient (Wildman–Crippen LogP) is 1.97. The molecule has 1 unspecified atom stereocenters. The van der Waals surface area contributed by atoms with Gasteiger partial charge in [-0.1, -0.05) is 27.2 Å². The van der Waals surface area contributed by atoms with Gasteiger partial charge in [-0.25, -0.2) is 0 Å². The summed E-state index contributed by atoms with van der Waals surface area (Å²) in [6.07, 6.45) is 3.41. The van der Waals surface area contributed by atoms with E-state index in [0.29, 0.717) is 0 Å². The summed E-state index contributed by atoms with van der Waals surface area (Å²) < 4.78 is 5.19. The van der Waals surface area contributed by atoms with E-state index < -0.39 is 0 Å². The molecule has 3 nitrogen and oxygen atoms in total. The third-order valence-electron chi connectivity index (χ3n) is 4.16. The zero-order chi connectivity index (χ0) is 11.8. The number of hydrogen-bond donors (Lipinski definition) is 1. The van der Waals surface area contributed by atoms with Crippen LogP contribution in [0.15, 0.2) is 0 Å². The van der Waals surface area contributed by atoms with E-state index in [1.54, 1.807) is 0 Å². The molecule has 0 radical (unpaired) electrons. The largest absolute Gasteiger partial charge is 0.380 e. The number of ether oxygens (including phenoxy) is 1. The van der Waals surface area contributed by atoms with Crippen LogP contribution in [0.5, 0.6) is 0 Å². The van der Waals surface area contributed by atoms with Crippen LogP contribution >= 0.6 is 0 Å². The third kappa shape index (κ3) is 2.24. The second-order valence-electron chi connectivity index (χ2n) is 6.45. The highest BCUT2D eigenvalue weighted by molar-refractivity contribution is 5.79. The summed E-state index contributed by atoms with van der Waals surface area (Å²) in [5, 5.41) is 3.10. The molecule has 16 heavy (non-hydrogen) atoms. The molecule has 1 aliphatic heterocycles. The Hall–Kier alpha value is -0.570. The smallest absolute Gasteiger partial charge is 0.223 e. The second kappa shape index (κ2) is 4.02. The Bertz CT molecular complexity index is 282. The number of carbonyl (C=O) groups is 1. The molecule has 0 bridgehead atoms. The van der Waals surface area contributed by atoms with Crippen LogP contribution in [0.3, 0.4) is 0 Å². The Balaban J connectivity index is 1.83. The minimum Gasteiger partial charge on any atom is -0.380 e. The van der Waals surface area contributed by atoms with Crippen LogP contribution in [0, 0.1) is 16.7 Å². The van der Waals surface area contributed by atoms with Crippen LogP contribution in [0.25, 0.3) is 0 Å². The van der Waals surface area contributed by atoms with Gasteiger partial charge in [-0.2, -0.15) is 0 Å². The van der Waals surface area contributed by atoms with Crippen molar-refractivity contribution in [3.05, 3.63) is 0 Å². The van der Waals surface area contributed by atoms with Gasteiger partial charge in [0.15, 0.2) is 0 Å². The van der Waals surface area contributed by atoms with Crippen molar-refractivity contribution in [2.24, 2.45) is 16.7 Å². The van der Waals surface area contributed by atoms with Crippen molar-refractivity contribution < 1.29 is 9.53 Å². The van der Waals surface area contributed by atoms with Crippen molar-refractivity contribution in [3.8, 4) is 0 Å². The van der Waals surface area contributed by atoms with E-state index in [0.717, 1.165) is 26.2 Å². The summed E-state index contributed by atoms with van der Waals surface area (Å²) in [6.45, 7) is 8.90. The van der Waals surface area contributed by atoms with Gasteiger partial charge < -0.3 is 10.1 Å². The Morgan fingerprint density at radius 1 is 1.38 bits per heavy atom. The molecule has 0 aromatic heterocycles. The molecule has 2 rings (SSSR count). The molecule has 2 fully saturated rings. The van der Waals surface area contributed by atoms with Gasteiger partial charge in [0.25, 0.3) is 0 Å². The van der Waals surface area contributed by atoms with Gasteiger partial charge >= 0.3 is 0 Å². The molecule has 3 heteroatoms. The van der Waals surface area contributed by atoms with E-state index >= 15 is 0 Å². The van der Waals surface area contributed by atoms with Crippen LogP contribution in [0.1, 0.15) is 40.0 Å². The van der Waals surface area contributed by atoms with E-state index in [1.165, 1.54) is 12.8 Å². The molecule has 1 aliphatic carbocycles. The van der Waals surface area contributed by atoms with Crippen LogP contribution < -0.4 is 5.32 Å². The molecule has 0 aromatic rings. The molecule has 0 aromatic carbocycles. The van der Waals surface area contributed by atoms with Crippen molar-refractivity contribution in [2.75, 3.05) is 19.8 Å². The molecule has 0 spiro atoms. The first-order valence-electron chi connectivity index (χ1n) is 6.28. The van der Waals surface area contributed by atoms with E-state index in [2.05, 4.69) is 26.1 Å². The molecule has 1 saturated carbocycles. The first-order chi connectivity index (χ1) is 7.43. The number of amides is 1. The predicted molar refractivity (Wildman–Crippen MR) is 63.1 cm³/mol. The average Bonchev–Trinajstić information content (AvgIpc) is 2.51. The Labute approximate surface area is 97.9 Å². The van der Waals surface area contributed by atoms with E-state index in [1.807, 2.05) is 0 Å². The summed E-state index contributed by atoms with van der Waals surface area (Å²) in [5.74, 6) is 0.452. The lowest BCUT2D eigenvalue weighted by Crippen LogP contribution is -2.50. The maximum atomic E-state index is 12.1. The summed E-state index contributed by atoms with van der Waals surface area (Å²) >= 11 is 0. The van der Waals surface area contributed by atoms with Crippen LogP contribution in [0.4, 0.5) is 0 Å². The summed E-state index contributed by atoms with van der Waals surface area (Å²) in [4.78, 5) is 12.1. The van der Waals surface area contributed by atoms with Gasteiger partial charge in [0, 0.05) is 17.9 Å². The maximum Gasteiger partial charge on any atom is 0.223 e. The van der Waals surface area contributed by atoms with Crippen LogP contribution in [-0.2, 0) is 9.53 Å². The molecule has 1 N–H and O–H groups in total. The standard InChI is InChI=1S/C13H23NO2/c1-12(2)6-4-5-10(12)11(15)14-7-13(3)8-16-9-13/h10H,4-9H2,1-3H3,(H,14,15). The Morgan fingerprint density at radius 2 is 2.06 bits per heavy atom. The monoisotopic (exact) mass is 225 g/mol. The molecule has 2 aliphatic rings. The highest BCUT2D eigenvalue weighted by atomic mass is 16.5. The lowest BCUT2D eigenvalue weighted by atomic mass is 9.81. The van der Waals surface area contributed by atoms with Crippen LogP contribution in [-0.4, -0.2) is 25.7 Å². The summed E-state index contributed by atoms with van der Waals surface area (Å²) in [5.41, 5.74) is 0.361. The zero-order valence-electron chi connectivity index (χ0n) is 10.6. The fraction of sp³-hybridized carbons (Fsp3) is 0.923. The van der Waals surface area contributed by atoms with Crippen molar-refractivity contribution in [3.63, 3.8) is 0 Å². The number of nitrogens with one attached hydrogen (secondary N) is 1. The van der Waals surface area contributed by atoms with Gasteiger partial charge in [-0.3, -0.25) is 4.79 Å². The van der Waals surface area contributed by atoms with Crippen molar-refractivity contribution in [2.45, 2.75) is 40.0 Å². The van der Waals surface area contributed by atoms with E-state index in [4.69, 9.17) is 4.74 Å². The Kier molecular flexibility index (Phi) is 2.99. The van der Waals surface area contributed by atoms with Crippen molar-refractivity contribution in [1.82, 2.24) is 5.32 Å². The average molecular weight is 225 g/mol. The van der Waals surface area contributed by atoms with Crippen molar-refractivity contribution >= 4 is 5.91 Å². The first-order valence-corrected chi connectivity index (χ1v) is 6.28. The fourth-order valence-corrected chi connectivity index (χ4v) is 2.79. The van der Waals surface area contributed by atoms with Gasteiger partial charge in [0.2, 0.25) is 5.91 Å². The van der Waals surface area contributed by atoms with Gasteiger partial charge in [0.1, 0.15) is 0 Å². The van der Waals surface area contributed by atoms with Gasteiger partial charge in [0.05, 0.1) is 13.2 Å². The van der Waals surface area contributed by atoms with Crippen LogP contribution in [0.2, 0.25) is 0 Å². The number of carbonyl (C=O) groups excluding carboxylic acids is 1.